The Labute approximate surface area is 112 Å². The Morgan fingerprint density at radius 3 is 2.58 bits per heavy atom. The molecular formula is C12H22N4O3. The number of nitrogens with zero attached hydrogens (tertiary/aromatic N) is 1. The lowest BCUT2D eigenvalue weighted by Crippen LogP contribution is -2.48. The number of primary amides is 1. The van der Waals surface area contributed by atoms with E-state index >= 15 is 0 Å². The Hall–Kier alpha value is -1.63. The van der Waals surface area contributed by atoms with Gasteiger partial charge in [-0.25, -0.2) is 0 Å². The first-order valence-electron chi connectivity index (χ1n) is 6.42. The van der Waals surface area contributed by atoms with Crippen LogP contribution in [0.3, 0.4) is 0 Å². The smallest absolute Gasteiger partial charge is 0.311 e. The Balaban J connectivity index is 2.48. The zero-order valence-corrected chi connectivity index (χ0v) is 11.5. The predicted molar refractivity (Wildman–Crippen MR) is 70.1 cm³/mol. The summed E-state index contributed by atoms with van der Waals surface area (Å²) in [7, 11) is 0. The molecule has 1 heterocycles. The molecule has 0 atom stereocenters. The van der Waals surface area contributed by atoms with E-state index in [1.165, 1.54) is 4.90 Å². The highest BCUT2D eigenvalue weighted by Crippen LogP contribution is 2.11. The second-order valence-corrected chi connectivity index (χ2v) is 5.33. The van der Waals surface area contributed by atoms with Crippen LogP contribution in [-0.4, -0.2) is 55.3 Å². The van der Waals surface area contributed by atoms with Crippen LogP contribution in [0.25, 0.3) is 0 Å². The first-order chi connectivity index (χ1) is 8.84. The summed E-state index contributed by atoms with van der Waals surface area (Å²) in [4.78, 5) is 36.3. The number of rotatable bonds is 3. The molecule has 0 spiro atoms. The lowest BCUT2D eigenvalue weighted by molar-refractivity contribution is -0.146. The predicted octanol–water partition coefficient (Wildman–Crippen LogP) is -1.56. The van der Waals surface area contributed by atoms with Crippen molar-refractivity contribution in [3.8, 4) is 0 Å². The van der Waals surface area contributed by atoms with Gasteiger partial charge < -0.3 is 21.3 Å². The third kappa shape index (κ3) is 4.51. The van der Waals surface area contributed by atoms with Gasteiger partial charge in [0, 0.05) is 26.2 Å². The van der Waals surface area contributed by atoms with E-state index in [0.717, 1.165) is 13.0 Å². The van der Waals surface area contributed by atoms with E-state index in [1.807, 2.05) is 0 Å². The van der Waals surface area contributed by atoms with Crippen LogP contribution in [-0.2, 0) is 14.4 Å². The zero-order chi connectivity index (χ0) is 14.5. The number of hydrogen-bond acceptors (Lipinski definition) is 4. The Bertz CT molecular complexity index is 360. The molecule has 1 aliphatic heterocycles. The van der Waals surface area contributed by atoms with Gasteiger partial charge in [0.2, 0.25) is 5.91 Å². The van der Waals surface area contributed by atoms with Crippen LogP contribution >= 0.6 is 0 Å². The summed E-state index contributed by atoms with van der Waals surface area (Å²) in [6.45, 7) is 5.92. The minimum atomic E-state index is -0.865. The molecule has 19 heavy (non-hydrogen) atoms. The van der Waals surface area contributed by atoms with Gasteiger partial charge in [0.1, 0.15) is 0 Å². The van der Waals surface area contributed by atoms with Crippen molar-refractivity contribution in [3.63, 3.8) is 0 Å². The molecule has 0 aromatic rings. The largest absolute Gasteiger partial charge is 0.369 e. The van der Waals surface area contributed by atoms with Crippen LogP contribution in [0.2, 0.25) is 0 Å². The summed E-state index contributed by atoms with van der Waals surface area (Å²) >= 11 is 0. The minimum Gasteiger partial charge on any atom is -0.369 e. The van der Waals surface area contributed by atoms with E-state index in [1.54, 1.807) is 13.8 Å². The molecule has 7 nitrogen and oxygen atoms in total. The average Bonchev–Trinajstić information content (AvgIpc) is 2.63. The van der Waals surface area contributed by atoms with Crippen LogP contribution in [0, 0.1) is 5.41 Å². The van der Waals surface area contributed by atoms with Gasteiger partial charge in [-0.3, -0.25) is 14.4 Å². The van der Waals surface area contributed by atoms with Crippen molar-refractivity contribution in [2.24, 2.45) is 11.1 Å². The van der Waals surface area contributed by atoms with E-state index < -0.39 is 23.1 Å². The average molecular weight is 270 g/mol. The zero-order valence-electron chi connectivity index (χ0n) is 11.5. The van der Waals surface area contributed by atoms with Crippen molar-refractivity contribution in [2.45, 2.75) is 20.3 Å². The highest BCUT2D eigenvalue weighted by molar-refractivity contribution is 6.35. The van der Waals surface area contributed by atoms with Crippen molar-refractivity contribution in [2.75, 3.05) is 32.7 Å². The van der Waals surface area contributed by atoms with Crippen molar-refractivity contribution in [1.29, 1.82) is 0 Å². The number of nitrogens with one attached hydrogen (secondary N) is 2. The fraction of sp³-hybridized carbons (Fsp3) is 0.750. The minimum absolute atomic E-state index is 0.0546. The van der Waals surface area contributed by atoms with Gasteiger partial charge in [0.25, 0.3) is 0 Å². The quantitative estimate of drug-likeness (QED) is 0.539. The summed E-state index contributed by atoms with van der Waals surface area (Å²) in [6, 6.07) is 0. The van der Waals surface area contributed by atoms with Crippen LogP contribution < -0.4 is 16.4 Å². The molecular weight excluding hydrogens is 248 g/mol. The van der Waals surface area contributed by atoms with Gasteiger partial charge in [0.15, 0.2) is 0 Å². The number of carbonyl (C=O) groups excluding carboxylic acids is 3. The van der Waals surface area contributed by atoms with Crippen molar-refractivity contribution < 1.29 is 14.4 Å². The van der Waals surface area contributed by atoms with Crippen molar-refractivity contribution in [3.05, 3.63) is 0 Å². The molecule has 1 rings (SSSR count). The van der Waals surface area contributed by atoms with Gasteiger partial charge in [-0.1, -0.05) is 0 Å². The number of nitrogens with two attached hydrogens (primary N) is 1. The molecule has 0 saturated carbocycles. The lowest BCUT2D eigenvalue weighted by atomic mass is 9.93. The molecule has 0 unspecified atom stereocenters. The van der Waals surface area contributed by atoms with E-state index in [0.29, 0.717) is 19.6 Å². The van der Waals surface area contributed by atoms with E-state index in [4.69, 9.17) is 5.73 Å². The summed E-state index contributed by atoms with van der Waals surface area (Å²) in [5.41, 5.74) is 4.34. The fourth-order valence-electron chi connectivity index (χ4n) is 1.66. The maximum Gasteiger partial charge on any atom is 0.311 e. The highest BCUT2D eigenvalue weighted by atomic mass is 16.2. The second kappa shape index (κ2) is 6.51. The molecule has 4 N–H and O–H groups in total. The molecule has 7 heteroatoms. The van der Waals surface area contributed by atoms with Gasteiger partial charge in [-0.15, -0.1) is 0 Å². The molecule has 108 valence electrons. The van der Waals surface area contributed by atoms with E-state index in [-0.39, 0.29) is 6.54 Å². The van der Waals surface area contributed by atoms with Crippen molar-refractivity contribution >= 4 is 17.7 Å². The molecule has 0 aliphatic carbocycles. The van der Waals surface area contributed by atoms with Gasteiger partial charge >= 0.3 is 11.8 Å². The third-order valence-electron chi connectivity index (χ3n) is 3.18. The van der Waals surface area contributed by atoms with Crippen LogP contribution in [0.15, 0.2) is 0 Å². The Morgan fingerprint density at radius 2 is 1.95 bits per heavy atom. The number of amides is 3. The van der Waals surface area contributed by atoms with Gasteiger partial charge in [0.05, 0.1) is 5.41 Å². The molecule has 1 saturated heterocycles. The summed E-state index contributed by atoms with van der Waals surface area (Å²) < 4.78 is 0. The molecule has 0 radical (unpaired) electrons. The fourth-order valence-corrected chi connectivity index (χ4v) is 1.66. The monoisotopic (exact) mass is 270 g/mol. The highest BCUT2D eigenvalue weighted by Gasteiger charge is 2.28. The standard InChI is InChI=1S/C12H22N4O3/c1-12(2,11(13)19)8-15-9(17)10(18)16-6-3-4-14-5-7-16/h14H,3-8H2,1-2H3,(H2,13,19)(H,15,17). The molecule has 3 amide bonds. The maximum absolute atomic E-state index is 11.9. The van der Waals surface area contributed by atoms with Crippen LogP contribution in [0.1, 0.15) is 20.3 Å². The lowest BCUT2D eigenvalue weighted by Gasteiger charge is -2.23. The Morgan fingerprint density at radius 1 is 1.26 bits per heavy atom. The third-order valence-corrected chi connectivity index (χ3v) is 3.18. The maximum atomic E-state index is 11.9. The second-order valence-electron chi connectivity index (χ2n) is 5.33. The SMILES string of the molecule is CC(C)(CNC(=O)C(=O)N1CCCNCC1)C(N)=O. The normalized spacial score (nSPS) is 16.6. The summed E-state index contributed by atoms with van der Waals surface area (Å²) in [5, 5.41) is 5.63. The van der Waals surface area contributed by atoms with Crippen molar-refractivity contribution in [1.82, 2.24) is 15.5 Å². The van der Waals surface area contributed by atoms with Gasteiger partial charge in [-0.2, -0.15) is 0 Å². The number of carbonyl (C=O) groups is 3. The van der Waals surface area contributed by atoms with Crippen LogP contribution in [0.5, 0.6) is 0 Å². The first-order valence-corrected chi connectivity index (χ1v) is 6.42. The van der Waals surface area contributed by atoms with E-state index in [2.05, 4.69) is 10.6 Å². The first kappa shape index (κ1) is 15.4. The summed E-state index contributed by atoms with van der Waals surface area (Å²) in [5.74, 6) is -1.75. The number of hydrogen-bond donors (Lipinski definition) is 3. The van der Waals surface area contributed by atoms with Gasteiger partial charge in [-0.05, 0) is 26.8 Å². The molecule has 0 aromatic carbocycles. The summed E-state index contributed by atoms with van der Waals surface area (Å²) in [6.07, 6.45) is 0.825. The molecule has 0 bridgehead atoms. The topological polar surface area (TPSA) is 105 Å². The Kier molecular flexibility index (Phi) is 5.29. The molecule has 0 aromatic heterocycles. The molecule has 1 aliphatic rings. The van der Waals surface area contributed by atoms with E-state index in [9.17, 15) is 14.4 Å². The molecule has 1 fully saturated rings. The van der Waals surface area contributed by atoms with Crippen LogP contribution in [0.4, 0.5) is 0 Å².